The summed E-state index contributed by atoms with van der Waals surface area (Å²) >= 11 is 0. The molecule has 1 heterocycles. The van der Waals surface area contributed by atoms with Crippen molar-refractivity contribution in [3.8, 4) is 5.75 Å². The van der Waals surface area contributed by atoms with Crippen molar-refractivity contribution in [2.45, 2.75) is 6.92 Å². The third kappa shape index (κ3) is 5.32. The summed E-state index contributed by atoms with van der Waals surface area (Å²) < 4.78 is 10.1. The minimum absolute atomic E-state index is 0.272. The fourth-order valence-corrected chi connectivity index (χ4v) is 2.57. The summed E-state index contributed by atoms with van der Waals surface area (Å²) in [6.07, 6.45) is 1.55. The van der Waals surface area contributed by atoms with Crippen LogP contribution in [0, 0.1) is 0 Å². The lowest BCUT2D eigenvalue weighted by Gasteiger charge is -2.09. The molecular formula is C22H21N3O4. The predicted octanol–water partition coefficient (Wildman–Crippen LogP) is 4.26. The molecule has 0 aliphatic rings. The summed E-state index contributed by atoms with van der Waals surface area (Å²) in [4.78, 5) is 28.3. The first-order valence-electron chi connectivity index (χ1n) is 9.04. The average Bonchev–Trinajstić information content (AvgIpc) is 2.75. The van der Waals surface area contributed by atoms with Gasteiger partial charge in [0.1, 0.15) is 11.4 Å². The van der Waals surface area contributed by atoms with Gasteiger partial charge in [0.05, 0.1) is 19.3 Å². The molecule has 1 amide bonds. The zero-order valence-electron chi connectivity index (χ0n) is 16.1. The Labute approximate surface area is 168 Å². The number of hydrogen-bond acceptors (Lipinski definition) is 6. The van der Waals surface area contributed by atoms with Crippen LogP contribution in [0.15, 0.2) is 66.9 Å². The van der Waals surface area contributed by atoms with E-state index in [2.05, 4.69) is 15.6 Å². The van der Waals surface area contributed by atoms with Gasteiger partial charge in [-0.05, 0) is 67.6 Å². The number of rotatable bonds is 7. The number of methoxy groups -OCH3 is 1. The minimum Gasteiger partial charge on any atom is -0.497 e. The maximum absolute atomic E-state index is 12.5. The van der Waals surface area contributed by atoms with E-state index in [0.717, 1.165) is 5.69 Å². The Kier molecular flexibility index (Phi) is 6.42. The van der Waals surface area contributed by atoms with E-state index < -0.39 is 0 Å². The lowest BCUT2D eigenvalue weighted by atomic mass is 10.2. The third-order valence-electron chi connectivity index (χ3n) is 4.03. The Morgan fingerprint density at radius 3 is 2.28 bits per heavy atom. The van der Waals surface area contributed by atoms with Gasteiger partial charge in [0, 0.05) is 23.3 Å². The van der Waals surface area contributed by atoms with E-state index in [-0.39, 0.29) is 17.6 Å². The molecule has 0 bridgehead atoms. The highest BCUT2D eigenvalue weighted by Crippen LogP contribution is 2.19. The molecule has 0 atom stereocenters. The van der Waals surface area contributed by atoms with Crippen LogP contribution < -0.4 is 15.4 Å². The van der Waals surface area contributed by atoms with Gasteiger partial charge >= 0.3 is 5.97 Å². The summed E-state index contributed by atoms with van der Waals surface area (Å²) in [5, 5.41) is 5.98. The number of carbonyl (C=O) groups is 2. The number of nitrogens with one attached hydrogen (secondary N) is 2. The zero-order valence-corrected chi connectivity index (χ0v) is 16.1. The molecule has 0 aliphatic heterocycles. The Hall–Kier alpha value is -3.87. The largest absolute Gasteiger partial charge is 0.497 e. The van der Waals surface area contributed by atoms with Crippen molar-refractivity contribution in [3.63, 3.8) is 0 Å². The molecule has 0 spiro atoms. The molecule has 0 radical (unpaired) electrons. The number of carbonyl (C=O) groups excluding carboxylic acids is 2. The summed E-state index contributed by atoms with van der Waals surface area (Å²) in [5.74, 6) is 0.0261. The Balaban J connectivity index is 1.67. The molecule has 148 valence electrons. The number of ether oxygens (including phenoxy) is 2. The molecular weight excluding hydrogens is 370 g/mol. The van der Waals surface area contributed by atoms with Crippen LogP contribution in [0.4, 0.5) is 17.1 Å². The SMILES string of the molecule is CCOC(=O)c1ccc(Nc2ccnc(C(=O)Nc3ccc(OC)cc3)c2)cc1. The molecule has 0 fully saturated rings. The van der Waals surface area contributed by atoms with E-state index in [1.54, 1.807) is 80.9 Å². The molecule has 7 heteroatoms. The lowest BCUT2D eigenvalue weighted by molar-refractivity contribution is 0.0526. The van der Waals surface area contributed by atoms with Gasteiger partial charge in [-0.1, -0.05) is 0 Å². The van der Waals surface area contributed by atoms with Crippen molar-refractivity contribution in [3.05, 3.63) is 78.1 Å². The first kappa shape index (κ1) is 19.9. The zero-order chi connectivity index (χ0) is 20.6. The molecule has 0 saturated carbocycles. The van der Waals surface area contributed by atoms with E-state index in [4.69, 9.17) is 9.47 Å². The van der Waals surface area contributed by atoms with Gasteiger partial charge in [0.2, 0.25) is 0 Å². The van der Waals surface area contributed by atoms with Gasteiger partial charge < -0.3 is 20.1 Å². The molecule has 1 aromatic heterocycles. The van der Waals surface area contributed by atoms with Crippen molar-refractivity contribution < 1.29 is 19.1 Å². The summed E-state index contributed by atoms with van der Waals surface area (Å²) in [6.45, 7) is 2.09. The number of hydrogen-bond donors (Lipinski definition) is 2. The smallest absolute Gasteiger partial charge is 0.338 e. The van der Waals surface area contributed by atoms with Crippen LogP contribution in [-0.4, -0.2) is 30.6 Å². The standard InChI is InChI=1S/C22H21N3O4/c1-3-29-22(27)15-4-6-16(7-5-15)24-18-12-13-23-20(14-18)21(26)25-17-8-10-19(28-2)11-9-17/h4-14H,3H2,1-2H3,(H,23,24)(H,25,26). The second-order valence-electron chi connectivity index (χ2n) is 6.04. The Morgan fingerprint density at radius 2 is 1.62 bits per heavy atom. The highest BCUT2D eigenvalue weighted by atomic mass is 16.5. The van der Waals surface area contributed by atoms with Crippen LogP contribution in [0.5, 0.6) is 5.75 Å². The normalized spacial score (nSPS) is 10.1. The van der Waals surface area contributed by atoms with Crippen LogP contribution in [0.3, 0.4) is 0 Å². The van der Waals surface area contributed by atoms with Crippen molar-refractivity contribution in [2.75, 3.05) is 24.4 Å². The lowest BCUT2D eigenvalue weighted by Crippen LogP contribution is -2.13. The molecule has 2 N–H and O–H groups in total. The van der Waals surface area contributed by atoms with Gasteiger partial charge in [-0.15, -0.1) is 0 Å². The molecule has 3 aromatic rings. The molecule has 0 unspecified atom stereocenters. The van der Waals surface area contributed by atoms with Gasteiger partial charge in [-0.3, -0.25) is 9.78 Å². The van der Waals surface area contributed by atoms with Crippen molar-refractivity contribution in [1.82, 2.24) is 4.98 Å². The van der Waals surface area contributed by atoms with Gasteiger partial charge in [0.15, 0.2) is 0 Å². The number of pyridine rings is 1. The number of amides is 1. The highest BCUT2D eigenvalue weighted by Gasteiger charge is 2.10. The van der Waals surface area contributed by atoms with Crippen LogP contribution in [0.25, 0.3) is 0 Å². The van der Waals surface area contributed by atoms with Gasteiger partial charge in [-0.2, -0.15) is 0 Å². The highest BCUT2D eigenvalue weighted by molar-refractivity contribution is 6.03. The number of nitrogens with zero attached hydrogens (tertiary/aromatic N) is 1. The van der Waals surface area contributed by atoms with Crippen LogP contribution >= 0.6 is 0 Å². The van der Waals surface area contributed by atoms with E-state index in [1.807, 2.05) is 0 Å². The average molecular weight is 391 g/mol. The van der Waals surface area contributed by atoms with Crippen molar-refractivity contribution in [2.24, 2.45) is 0 Å². The first-order chi connectivity index (χ1) is 14.1. The van der Waals surface area contributed by atoms with E-state index in [1.165, 1.54) is 0 Å². The molecule has 2 aromatic carbocycles. The van der Waals surface area contributed by atoms with E-state index in [9.17, 15) is 9.59 Å². The summed E-state index contributed by atoms with van der Waals surface area (Å²) in [6, 6.07) is 17.3. The summed E-state index contributed by atoms with van der Waals surface area (Å²) in [7, 11) is 1.58. The molecule has 3 rings (SSSR count). The van der Waals surface area contributed by atoms with Crippen LogP contribution in [0.1, 0.15) is 27.8 Å². The first-order valence-corrected chi connectivity index (χ1v) is 9.04. The van der Waals surface area contributed by atoms with E-state index >= 15 is 0 Å². The van der Waals surface area contributed by atoms with Crippen LogP contribution in [-0.2, 0) is 4.74 Å². The number of esters is 1. The monoisotopic (exact) mass is 391 g/mol. The number of aromatic nitrogens is 1. The Morgan fingerprint density at radius 1 is 0.931 bits per heavy atom. The van der Waals surface area contributed by atoms with Crippen LogP contribution in [0.2, 0.25) is 0 Å². The van der Waals surface area contributed by atoms with Crippen molar-refractivity contribution in [1.29, 1.82) is 0 Å². The number of benzene rings is 2. The molecule has 29 heavy (non-hydrogen) atoms. The molecule has 0 aliphatic carbocycles. The predicted molar refractivity (Wildman–Crippen MR) is 111 cm³/mol. The second-order valence-corrected chi connectivity index (χ2v) is 6.04. The quantitative estimate of drug-likeness (QED) is 0.585. The maximum Gasteiger partial charge on any atom is 0.338 e. The Bertz CT molecular complexity index is 986. The van der Waals surface area contributed by atoms with E-state index in [0.29, 0.717) is 29.3 Å². The molecule has 0 saturated heterocycles. The van der Waals surface area contributed by atoms with Gasteiger partial charge in [0.25, 0.3) is 5.91 Å². The molecule has 7 nitrogen and oxygen atoms in total. The summed E-state index contributed by atoms with van der Waals surface area (Å²) in [5.41, 5.74) is 2.86. The maximum atomic E-state index is 12.5. The topological polar surface area (TPSA) is 89.5 Å². The third-order valence-corrected chi connectivity index (χ3v) is 4.03. The second kappa shape index (κ2) is 9.36. The number of anilines is 3. The minimum atomic E-state index is -0.361. The fourth-order valence-electron chi connectivity index (χ4n) is 2.57. The van der Waals surface area contributed by atoms with Gasteiger partial charge in [-0.25, -0.2) is 4.79 Å². The van der Waals surface area contributed by atoms with Crippen molar-refractivity contribution >= 4 is 28.9 Å². The fraction of sp³-hybridized carbons (Fsp3) is 0.136.